The summed E-state index contributed by atoms with van der Waals surface area (Å²) in [5, 5.41) is 0. The Bertz CT molecular complexity index is 952. The van der Waals surface area contributed by atoms with E-state index >= 15 is 0 Å². The average Bonchev–Trinajstić information content (AvgIpc) is 2.77. The quantitative estimate of drug-likeness (QED) is 0.433. The zero-order chi connectivity index (χ0) is 19.2. The number of nitrogens with two attached hydrogens (primary N) is 1. The van der Waals surface area contributed by atoms with Crippen molar-refractivity contribution in [2.75, 3.05) is 11.4 Å². The van der Waals surface area contributed by atoms with Crippen LogP contribution in [0.15, 0.2) is 109 Å². The summed E-state index contributed by atoms with van der Waals surface area (Å²) in [6.07, 6.45) is 0.919. The van der Waals surface area contributed by atoms with E-state index in [1.54, 1.807) is 0 Å². The third-order valence-corrected chi connectivity index (χ3v) is 4.87. The zero-order valence-corrected chi connectivity index (χ0v) is 15.8. The Morgan fingerprint density at radius 2 is 0.929 bits per heavy atom. The number of hydrogen-bond donors (Lipinski definition) is 1. The molecule has 2 heteroatoms. The van der Waals surface area contributed by atoms with Crippen molar-refractivity contribution in [2.45, 2.75) is 6.42 Å². The molecule has 0 atom stereocenters. The van der Waals surface area contributed by atoms with Crippen LogP contribution in [0, 0.1) is 0 Å². The van der Waals surface area contributed by atoms with Crippen LogP contribution in [0.3, 0.4) is 0 Å². The Morgan fingerprint density at radius 3 is 1.39 bits per heavy atom. The van der Waals surface area contributed by atoms with Crippen molar-refractivity contribution in [3.05, 3.63) is 115 Å². The summed E-state index contributed by atoms with van der Waals surface area (Å²) >= 11 is 0. The minimum Gasteiger partial charge on any atom is -0.330 e. The highest BCUT2D eigenvalue weighted by molar-refractivity contribution is 5.78. The molecule has 0 spiro atoms. The monoisotopic (exact) mass is 364 g/mol. The third-order valence-electron chi connectivity index (χ3n) is 4.87. The fourth-order valence-electron chi connectivity index (χ4n) is 3.43. The van der Waals surface area contributed by atoms with Gasteiger partial charge in [-0.25, -0.2) is 0 Å². The first-order chi connectivity index (χ1) is 13.8. The van der Waals surface area contributed by atoms with Crippen LogP contribution in [0.5, 0.6) is 0 Å². The molecule has 0 unspecified atom stereocenters. The first-order valence-corrected chi connectivity index (χ1v) is 9.65. The molecule has 0 fully saturated rings. The van der Waals surface area contributed by atoms with E-state index in [-0.39, 0.29) is 0 Å². The van der Waals surface area contributed by atoms with Crippen molar-refractivity contribution in [3.63, 3.8) is 0 Å². The van der Waals surface area contributed by atoms with Gasteiger partial charge in [-0.2, -0.15) is 0 Å². The molecule has 0 aliphatic heterocycles. The van der Waals surface area contributed by atoms with Gasteiger partial charge in [0.05, 0.1) is 0 Å². The first-order valence-electron chi connectivity index (χ1n) is 9.65. The van der Waals surface area contributed by atoms with Crippen molar-refractivity contribution in [3.8, 4) is 11.1 Å². The van der Waals surface area contributed by atoms with E-state index in [4.69, 9.17) is 5.73 Å². The van der Waals surface area contributed by atoms with Gasteiger partial charge in [-0.05, 0) is 66.1 Å². The summed E-state index contributed by atoms with van der Waals surface area (Å²) in [5.41, 5.74) is 12.8. The maximum Gasteiger partial charge on any atom is 0.0462 e. The summed E-state index contributed by atoms with van der Waals surface area (Å²) in [6, 6.07) is 38.3. The van der Waals surface area contributed by atoms with Crippen molar-refractivity contribution in [1.29, 1.82) is 0 Å². The zero-order valence-electron chi connectivity index (χ0n) is 15.8. The molecule has 0 bridgehead atoms. The minimum atomic E-state index is 0.683. The molecule has 0 amide bonds. The van der Waals surface area contributed by atoms with Gasteiger partial charge in [0.2, 0.25) is 0 Å². The molecule has 2 N–H and O–H groups in total. The van der Waals surface area contributed by atoms with E-state index in [0.717, 1.165) is 23.5 Å². The molecule has 0 aromatic heterocycles. The van der Waals surface area contributed by atoms with Crippen LogP contribution in [0.2, 0.25) is 0 Å². The lowest BCUT2D eigenvalue weighted by Gasteiger charge is -2.25. The largest absolute Gasteiger partial charge is 0.330 e. The highest BCUT2D eigenvalue weighted by Gasteiger charge is 2.11. The Labute approximate surface area is 166 Å². The molecule has 28 heavy (non-hydrogen) atoms. The third kappa shape index (κ3) is 3.98. The topological polar surface area (TPSA) is 29.3 Å². The lowest BCUT2D eigenvalue weighted by Crippen LogP contribution is -2.09. The molecule has 0 saturated heterocycles. The number of hydrogen-bond acceptors (Lipinski definition) is 2. The van der Waals surface area contributed by atoms with Gasteiger partial charge in [0.15, 0.2) is 0 Å². The van der Waals surface area contributed by atoms with E-state index < -0.39 is 0 Å². The summed E-state index contributed by atoms with van der Waals surface area (Å²) in [5.74, 6) is 0. The molecule has 138 valence electrons. The number of anilines is 3. The van der Waals surface area contributed by atoms with E-state index in [9.17, 15) is 0 Å². The van der Waals surface area contributed by atoms with Gasteiger partial charge < -0.3 is 10.6 Å². The normalized spacial score (nSPS) is 10.6. The summed E-state index contributed by atoms with van der Waals surface area (Å²) in [4.78, 5) is 2.27. The van der Waals surface area contributed by atoms with Crippen LogP contribution in [0.1, 0.15) is 5.56 Å². The second-order valence-electron chi connectivity index (χ2n) is 6.79. The Kier molecular flexibility index (Phi) is 5.51. The second kappa shape index (κ2) is 8.55. The van der Waals surface area contributed by atoms with Crippen molar-refractivity contribution >= 4 is 17.1 Å². The molecule has 0 saturated carbocycles. The molecule has 2 nitrogen and oxygen atoms in total. The van der Waals surface area contributed by atoms with Gasteiger partial charge in [0.1, 0.15) is 0 Å². The van der Waals surface area contributed by atoms with Gasteiger partial charge in [0, 0.05) is 17.1 Å². The standard InChI is InChI=1S/C26H24N2/c27-20-19-21-11-13-22(14-12-21)23-15-17-26(18-16-23)28(24-7-3-1-4-8-24)25-9-5-2-6-10-25/h1-18H,19-20,27H2. The highest BCUT2D eigenvalue weighted by atomic mass is 15.1. The van der Waals surface area contributed by atoms with Crippen molar-refractivity contribution in [2.24, 2.45) is 5.73 Å². The van der Waals surface area contributed by atoms with E-state index in [1.807, 2.05) is 12.1 Å². The number of nitrogens with zero attached hydrogens (tertiary/aromatic N) is 1. The summed E-state index contributed by atoms with van der Waals surface area (Å²) in [6.45, 7) is 0.683. The molecule has 0 aliphatic carbocycles. The smallest absolute Gasteiger partial charge is 0.0462 e. The van der Waals surface area contributed by atoms with Crippen LogP contribution in [-0.2, 0) is 6.42 Å². The molecular weight excluding hydrogens is 340 g/mol. The lowest BCUT2D eigenvalue weighted by atomic mass is 10.0. The molecule has 0 radical (unpaired) electrons. The predicted octanol–water partition coefficient (Wildman–Crippen LogP) is 6.32. The maximum absolute atomic E-state index is 5.65. The molecule has 0 heterocycles. The van der Waals surface area contributed by atoms with Gasteiger partial charge in [-0.3, -0.25) is 0 Å². The van der Waals surface area contributed by atoms with Gasteiger partial charge >= 0.3 is 0 Å². The first kappa shape index (κ1) is 18.0. The van der Waals surface area contributed by atoms with E-state index in [1.165, 1.54) is 16.7 Å². The van der Waals surface area contributed by atoms with Crippen molar-refractivity contribution in [1.82, 2.24) is 0 Å². The van der Waals surface area contributed by atoms with Crippen LogP contribution < -0.4 is 10.6 Å². The van der Waals surface area contributed by atoms with Crippen LogP contribution in [0.25, 0.3) is 11.1 Å². The highest BCUT2D eigenvalue weighted by Crippen LogP contribution is 2.35. The van der Waals surface area contributed by atoms with Gasteiger partial charge in [0.25, 0.3) is 0 Å². The summed E-state index contributed by atoms with van der Waals surface area (Å²) < 4.78 is 0. The number of rotatable bonds is 6. The average molecular weight is 364 g/mol. The van der Waals surface area contributed by atoms with E-state index in [2.05, 4.69) is 102 Å². The number of para-hydroxylation sites is 2. The Balaban J connectivity index is 1.67. The van der Waals surface area contributed by atoms with Crippen LogP contribution in [-0.4, -0.2) is 6.54 Å². The number of benzene rings is 4. The minimum absolute atomic E-state index is 0.683. The fourth-order valence-corrected chi connectivity index (χ4v) is 3.43. The predicted molar refractivity (Wildman–Crippen MR) is 119 cm³/mol. The Hall–Kier alpha value is -3.36. The van der Waals surface area contributed by atoms with Gasteiger partial charge in [-0.1, -0.05) is 72.8 Å². The fraction of sp³-hybridized carbons (Fsp3) is 0.0769. The second-order valence-corrected chi connectivity index (χ2v) is 6.79. The Morgan fingerprint density at radius 1 is 0.500 bits per heavy atom. The SMILES string of the molecule is NCCc1ccc(-c2ccc(N(c3ccccc3)c3ccccc3)cc2)cc1. The molecular formula is C26H24N2. The van der Waals surface area contributed by atoms with Crippen molar-refractivity contribution < 1.29 is 0 Å². The van der Waals surface area contributed by atoms with E-state index in [0.29, 0.717) is 6.54 Å². The molecule has 4 aromatic rings. The molecule has 4 rings (SSSR count). The summed E-state index contributed by atoms with van der Waals surface area (Å²) in [7, 11) is 0. The maximum atomic E-state index is 5.65. The van der Waals surface area contributed by atoms with Crippen LogP contribution >= 0.6 is 0 Å². The molecule has 4 aromatic carbocycles. The lowest BCUT2D eigenvalue weighted by molar-refractivity contribution is 0.969. The van der Waals surface area contributed by atoms with Gasteiger partial charge in [-0.15, -0.1) is 0 Å². The van der Waals surface area contributed by atoms with Crippen LogP contribution in [0.4, 0.5) is 17.1 Å². The molecule has 0 aliphatic rings.